The fourth-order valence-electron chi connectivity index (χ4n) is 1.94. The predicted molar refractivity (Wildman–Crippen MR) is 78.7 cm³/mol. The summed E-state index contributed by atoms with van der Waals surface area (Å²) >= 11 is 1.18. The molecule has 6 nitrogen and oxygen atoms in total. The Balaban J connectivity index is 2.19. The van der Waals surface area contributed by atoms with Crippen LogP contribution in [0.5, 0.6) is 0 Å². The normalized spacial score (nSPS) is 10.9. The van der Waals surface area contributed by atoms with Crippen molar-refractivity contribution in [2.75, 3.05) is 25.1 Å². The van der Waals surface area contributed by atoms with Gasteiger partial charge in [-0.15, -0.1) is 11.3 Å². The fraction of sp³-hybridized carbons (Fsp3) is 0.462. The summed E-state index contributed by atoms with van der Waals surface area (Å²) in [6.45, 7) is 5.88. The number of anilines is 1. The third-order valence-electron chi connectivity index (χ3n) is 2.88. The summed E-state index contributed by atoms with van der Waals surface area (Å²) in [6, 6.07) is 0. The van der Waals surface area contributed by atoms with Crippen LogP contribution in [0, 0.1) is 6.92 Å². The molecule has 2 aromatic heterocycles. The van der Waals surface area contributed by atoms with Gasteiger partial charge in [-0.25, -0.2) is 14.8 Å². The SMILES string of the molecule is CCOCCCNc1ncnc2sc(C(=O)O)c(C)c12. The molecule has 0 aliphatic carbocycles. The standard InChI is InChI=1S/C13H17N3O3S/c1-3-19-6-4-5-14-11-9-8(2)10(13(17)18)20-12(9)16-7-15-11/h7H,3-6H2,1-2H3,(H,17,18)(H,14,15,16). The maximum absolute atomic E-state index is 11.2. The summed E-state index contributed by atoms with van der Waals surface area (Å²) in [4.78, 5) is 20.5. The summed E-state index contributed by atoms with van der Waals surface area (Å²) in [6.07, 6.45) is 2.32. The van der Waals surface area contributed by atoms with Crippen LogP contribution in [0.4, 0.5) is 5.82 Å². The van der Waals surface area contributed by atoms with Gasteiger partial charge in [0.05, 0.1) is 5.39 Å². The highest BCUT2D eigenvalue weighted by atomic mass is 32.1. The average Bonchev–Trinajstić information content (AvgIpc) is 2.77. The monoisotopic (exact) mass is 295 g/mol. The molecular formula is C13H17N3O3S. The Bertz CT molecular complexity index is 612. The van der Waals surface area contributed by atoms with Crippen molar-refractivity contribution in [2.45, 2.75) is 20.3 Å². The van der Waals surface area contributed by atoms with Gasteiger partial charge in [0.1, 0.15) is 21.9 Å². The van der Waals surface area contributed by atoms with Gasteiger partial charge in [0, 0.05) is 19.8 Å². The van der Waals surface area contributed by atoms with E-state index in [1.807, 2.05) is 6.92 Å². The van der Waals surface area contributed by atoms with Gasteiger partial charge in [0.15, 0.2) is 0 Å². The number of hydrogen-bond donors (Lipinski definition) is 2. The van der Waals surface area contributed by atoms with E-state index in [4.69, 9.17) is 9.84 Å². The van der Waals surface area contributed by atoms with Crippen LogP contribution >= 0.6 is 11.3 Å². The summed E-state index contributed by atoms with van der Waals surface area (Å²) in [5.41, 5.74) is 0.713. The Labute approximate surface area is 120 Å². The molecule has 0 radical (unpaired) electrons. The first kappa shape index (κ1) is 14.7. The number of aryl methyl sites for hydroxylation is 1. The lowest BCUT2D eigenvalue weighted by atomic mass is 10.2. The van der Waals surface area contributed by atoms with Gasteiger partial charge in [0.25, 0.3) is 0 Å². The van der Waals surface area contributed by atoms with Crippen LogP contribution in [0.2, 0.25) is 0 Å². The molecule has 0 amide bonds. The van der Waals surface area contributed by atoms with E-state index >= 15 is 0 Å². The minimum Gasteiger partial charge on any atom is -0.477 e. The second-order valence-corrected chi connectivity index (χ2v) is 5.24. The Kier molecular flexibility index (Phi) is 4.86. The van der Waals surface area contributed by atoms with Crippen molar-refractivity contribution in [3.8, 4) is 0 Å². The summed E-state index contributed by atoms with van der Waals surface area (Å²) in [5.74, 6) is -0.236. The number of nitrogens with zero attached hydrogens (tertiary/aromatic N) is 2. The first-order valence-electron chi connectivity index (χ1n) is 6.44. The highest BCUT2D eigenvalue weighted by Crippen LogP contribution is 2.33. The summed E-state index contributed by atoms with van der Waals surface area (Å²) in [7, 11) is 0. The van der Waals surface area contributed by atoms with Crippen LogP contribution in [-0.2, 0) is 4.74 Å². The lowest BCUT2D eigenvalue weighted by Crippen LogP contribution is -2.07. The second kappa shape index (κ2) is 6.62. The van der Waals surface area contributed by atoms with Gasteiger partial charge in [-0.05, 0) is 25.8 Å². The topological polar surface area (TPSA) is 84.3 Å². The number of carboxylic acids is 1. The first-order valence-corrected chi connectivity index (χ1v) is 7.25. The summed E-state index contributed by atoms with van der Waals surface area (Å²) in [5, 5.41) is 13.2. The Hall–Kier alpha value is -1.73. The van der Waals surface area contributed by atoms with Crippen molar-refractivity contribution in [2.24, 2.45) is 0 Å². The lowest BCUT2D eigenvalue weighted by Gasteiger charge is -2.07. The van der Waals surface area contributed by atoms with Crippen LogP contribution in [0.15, 0.2) is 6.33 Å². The maximum atomic E-state index is 11.2. The van der Waals surface area contributed by atoms with Crippen molar-refractivity contribution >= 4 is 33.3 Å². The Morgan fingerprint density at radius 1 is 1.50 bits per heavy atom. The van der Waals surface area contributed by atoms with Crippen molar-refractivity contribution in [1.82, 2.24) is 9.97 Å². The molecule has 108 valence electrons. The van der Waals surface area contributed by atoms with E-state index in [0.717, 1.165) is 18.4 Å². The highest BCUT2D eigenvalue weighted by Gasteiger charge is 2.18. The highest BCUT2D eigenvalue weighted by molar-refractivity contribution is 7.20. The third kappa shape index (κ3) is 3.05. The van der Waals surface area contributed by atoms with E-state index in [1.165, 1.54) is 17.7 Å². The van der Waals surface area contributed by atoms with Gasteiger partial charge in [-0.3, -0.25) is 0 Å². The largest absolute Gasteiger partial charge is 0.477 e. The predicted octanol–water partition coefficient (Wildman–Crippen LogP) is 2.54. The molecule has 0 atom stereocenters. The number of aromatic carboxylic acids is 1. The maximum Gasteiger partial charge on any atom is 0.346 e. The molecule has 7 heteroatoms. The van der Waals surface area contributed by atoms with Gasteiger partial charge < -0.3 is 15.2 Å². The van der Waals surface area contributed by atoms with Crippen LogP contribution in [0.1, 0.15) is 28.6 Å². The van der Waals surface area contributed by atoms with Crippen LogP contribution < -0.4 is 5.32 Å². The molecule has 0 spiro atoms. The van der Waals surface area contributed by atoms with E-state index in [9.17, 15) is 4.79 Å². The molecular weight excluding hydrogens is 278 g/mol. The van der Waals surface area contributed by atoms with Gasteiger partial charge in [0.2, 0.25) is 0 Å². The number of hydrogen-bond acceptors (Lipinski definition) is 6. The molecule has 0 fully saturated rings. The molecule has 0 unspecified atom stereocenters. The molecule has 0 bridgehead atoms. The van der Waals surface area contributed by atoms with Crippen molar-refractivity contribution < 1.29 is 14.6 Å². The second-order valence-electron chi connectivity index (χ2n) is 4.24. The first-order chi connectivity index (χ1) is 9.65. The number of rotatable bonds is 7. The summed E-state index contributed by atoms with van der Waals surface area (Å²) < 4.78 is 5.27. The van der Waals surface area contributed by atoms with Gasteiger partial charge in [-0.1, -0.05) is 0 Å². The number of carbonyl (C=O) groups is 1. The molecule has 2 N–H and O–H groups in total. The molecule has 0 saturated heterocycles. The van der Waals surface area contributed by atoms with E-state index in [-0.39, 0.29) is 0 Å². The number of ether oxygens (including phenoxy) is 1. The van der Waals surface area contributed by atoms with E-state index < -0.39 is 5.97 Å². The van der Waals surface area contributed by atoms with Crippen LogP contribution in [0.25, 0.3) is 10.2 Å². The van der Waals surface area contributed by atoms with Crippen LogP contribution in [0.3, 0.4) is 0 Å². The van der Waals surface area contributed by atoms with E-state index in [2.05, 4.69) is 15.3 Å². The minimum absolute atomic E-state index is 0.317. The number of aromatic nitrogens is 2. The molecule has 20 heavy (non-hydrogen) atoms. The zero-order valence-electron chi connectivity index (χ0n) is 11.5. The zero-order valence-corrected chi connectivity index (χ0v) is 12.3. The lowest BCUT2D eigenvalue weighted by molar-refractivity contribution is 0.0701. The Morgan fingerprint density at radius 2 is 2.30 bits per heavy atom. The molecule has 0 aliphatic rings. The van der Waals surface area contributed by atoms with E-state index in [0.29, 0.717) is 34.3 Å². The molecule has 0 aliphatic heterocycles. The van der Waals surface area contributed by atoms with Crippen molar-refractivity contribution in [3.05, 3.63) is 16.8 Å². The number of nitrogens with one attached hydrogen (secondary N) is 1. The van der Waals surface area contributed by atoms with Crippen LogP contribution in [-0.4, -0.2) is 40.8 Å². The average molecular weight is 295 g/mol. The molecule has 0 saturated carbocycles. The zero-order chi connectivity index (χ0) is 14.5. The third-order valence-corrected chi connectivity index (χ3v) is 4.07. The number of thiophene rings is 1. The molecule has 2 aromatic rings. The quantitative estimate of drug-likeness (QED) is 0.764. The smallest absolute Gasteiger partial charge is 0.346 e. The Morgan fingerprint density at radius 3 is 3.00 bits per heavy atom. The number of fused-ring (bicyclic) bond motifs is 1. The van der Waals surface area contributed by atoms with Crippen molar-refractivity contribution in [1.29, 1.82) is 0 Å². The van der Waals surface area contributed by atoms with Gasteiger partial charge >= 0.3 is 5.97 Å². The molecule has 2 heterocycles. The van der Waals surface area contributed by atoms with Crippen molar-refractivity contribution in [3.63, 3.8) is 0 Å². The van der Waals surface area contributed by atoms with E-state index in [1.54, 1.807) is 6.92 Å². The minimum atomic E-state index is -0.923. The number of carboxylic acid groups (broad SMARTS) is 1. The molecule has 0 aromatic carbocycles. The fourth-order valence-corrected chi connectivity index (χ4v) is 2.92. The van der Waals surface area contributed by atoms with Gasteiger partial charge in [-0.2, -0.15) is 0 Å². The molecule has 2 rings (SSSR count).